The number of carbonyl (C=O) groups is 1. The highest BCUT2D eigenvalue weighted by molar-refractivity contribution is 7.07. The third kappa shape index (κ3) is 6.31. The minimum atomic E-state index is -4.74. The van der Waals surface area contributed by atoms with E-state index < -0.39 is 6.36 Å². The van der Waals surface area contributed by atoms with E-state index >= 15 is 0 Å². The van der Waals surface area contributed by atoms with Crippen molar-refractivity contribution in [1.82, 2.24) is 19.3 Å². The summed E-state index contributed by atoms with van der Waals surface area (Å²) in [7, 11) is 0. The van der Waals surface area contributed by atoms with Gasteiger partial charge in [0, 0.05) is 23.1 Å². The lowest BCUT2D eigenvalue weighted by atomic mass is 10.1. The van der Waals surface area contributed by atoms with Crippen molar-refractivity contribution in [2.75, 3.05) is 0 Å². The molecule has 0 saturated heterocycles. The maximum absolute atomic E-state index is 13.0. The average Bonchev–Trinajstić information content (AvgIpc) is 3.37. The Labute approximate surface area is 250 Å². The van der Waals surface area contributed by atoms with Crippen molar-refractivity contribution in [3.05, 3.63) is 106 Å². The molecule has 0 bridgehead atoms. The largest absolute Gasteiger partial charge is 0.573 e. The molecule has 1 aliphatic rings. The SMILES string of the molecule is Cc1cccc(C)c1-n1c(C)csc1=NC(=O)CC1CC1c1ccc(-c2ncn(-c3ccc(OC(F)(F)F)cc3)n2)cc1. The highest BCUT2D eigenvalue weighted by Gasteiger charge is 2.39. The van der Waals surface area contributed by atoms with Crippen LogP contribution in [0.4, 0.5) is 13.2 Å². The third-order valence-corrected chi connectivity index (χ3v) is 8.49. The Morgan fingerprint density at radius 2 is 1.72 bits per heavy atom. The van der Waals surface area contributed by atoms with E-state index in [9.17, 15) is 18.0 Å². The zero-order valence-corrected chi connectivity index (χ0v) is 24.5. The Morgan fingerprint density at radius 3 is 2.40 bits per heavy atom. The van der Waals surface area contributed by atoms with Gasteiger partial charge in [-0.25, -0.2) is 9.67 Å². The number of aryl methyl sites for hydroxylation is 3. The van der Waals surface area contributed by atoms with Crippen molar-refractivity contribution in [3.8, 4) is 28.5 Å². The summed E-state index contributed by atoms with van der Waals surface area (Å²) in [6, 6.07) is 19.5. The molecule has 5 aromatic rings. The van der Waals surface area contributed by atoms with Gasteiger partial charge in [-0.1, -0.05) is 42.5 Å². The Balaban J connectivity index is 1.10. The summed E-state index contributed by atoms with van der Waals surface area (Å²) in [5.74, 6) is 0.625. The van der Waals surface area contributed by atoms with Crippen LogP contribution < -0.4 is 9.54 Å². The maximum atomic E-state index is 13.0. The Morgan fingerprint density at radius 1 is 1.02 bits per heavy atom. The molecule has 0 N–H and O–H groups in total. The first-order chi connectivity index (χ1) is 20.6. The summed E-state index contributed by atoms with van der Waals surface area (Å²) in [5.41, 5.74) is 6.91. The van der Waals surface area contributed by atoms with Gasteiger partial charge in [0.25, 0.3) is 0 Å². The number of alkyl halides is 3. The van der Waals surface area contributed by atoms with E-state index in [1.54, 1.807) is 0 Å². The van der Waals surface area contributed by atoms with Crippen LogP contribution in [0.3, 0.4) is 0 Å². The fourth-order valence-corrected chi connectivity index (χ4v) is 6.24. The third-order valence-electron chi connectivity index (χ3n) is 7.55. The van der Waals surface area contributed by atoms with E-state index in [4.69, 9.17) is 0 Å². The highest BCUT2D eigenvalue weighted by Crippen LogP contribution is 2.49. The number of nitrogens with zero attached hydrogens (tertiary/aromatic N) is 5. The second-order valence-electron chi connectivity index (χ2n) is 10.7. The lowest BCUT2D eigenvalue weighted by Gasteiger charge is -2.12. The van der Waals surface area contributed by atoms with Crippen LogP contribution in [-0.2, 0) is 4.79 Å². The van der Waals surface area contributed by atoms with Gasteiger partial charge in [-0.2, -0.15) is 4.99 Å². The predicted molar refractivity (Wildman–Crippen MR) is 157 cm³/mol. The van der Waals surface area contributed by atoms with Gasteiger partial charge in [0.1, 0.15) is 12.1 Å². The molecule has 43 heavy (non-hydrogen) atoms. The van der Waals surface area contributed by atoms with Gasteiger partial charge in [-0.05, 0) is 80.0 Å². The molecule has 220 valence electrons. The van der Waals surface area contributed by atoms with Crippen molar-refractivity contribution >= 4 is 17.2 Å². The molecule has 2 aromatic heterocycles. The molecular weight excluding hydrogens is 575 g/mol. The number of amides is 1. The minimum absolute atomic E-state index is 0.112. The number of rotatable bonds is 7. The molecule has 1 fully saturated rings. The quantitative estimate of drug-likeness (QED) is 0.197. The molecule has 3 aromatic carbocycles. The highest BCUT2D eigenvalue weighted by atomic mass is 32.1. The summed E-state index contributed by atoms with van der Waals surface area (Å²) in [6.07, 6.45) is -1.90. The van der Waals surface area contributed by atoms with Crippen LogP contribution >= 0.6 is 11.3 Å². The fourth-order valence-electron chi connectivity index (χ4n) is 5.36. The lowest BCUT2D eigenvalue weighted by Crippen LogP contribution is -2.18. The summed E-state index contributed by atoms with van der Waals surface area (Å²) >= 11 is 1.48. The molecular formula is C32H28F3N5O2S. The number of thiazole rings is 1. The number of aromatic nitrogens is 4. The minimum Gasteiger partial charge on any atom is -0.406 e. The van der Waals surface area contributed by atoms with Crippen molar-refractivity contribution in [1.29, 1.82) is 0 Å². The Hall–Kier alpha value is -4.51. The van der Waals surface area contributed by atoms with Crippen LogP contribution in [0.2, 0.25) is 0 Å². The maximum Gasteiger partial charge on any atom is 0.573 e. The van der Waals surface area contributed by atoms with Gasteiger partial charge in [-0.3, -0.25) is 9.36 Å². The van der Waals surface area contributed by atoms with E-state index in [1.807, 2.05) is 42.6 Å². The first kappa shape index (κ1) is 28.6. The Bertz CT molecular complexity index is 1830. The van der Waals surface area contributed by atoms with Crippen LogP contribution in [0.15, 0.2) is 83.4 Å². The molecule has 6 rings (SSSR count). The van der Waals surface area contributed by atoms with E-state index in [-0.39, 0.29) is 17.6 Å². The number of benzene rings is 3. The average molecular weight is 604 g/mol. The predicted octanol–water partition coefficient (Wildman–Crippen LogP) is 7.23. The van der Waals surface area contributed by atoms with Crippen molar-refractivity contribution in [2.24, 2.45) is 10.9 Å². The number of hydrogen-bond acceptors (Lipinski definition) is 5. The summed E-state index contributed by atoms with van der Waals surface area (Å²) in [4.78, 5) is 22.6. The topological polar surface area (TPSA) is 74.3 Å². The first-order valence-corrected chi connectivity index (χ1v) is 14.6. The molecule has 11 heteroatoms. The Kier molecular flexibility index (Phi) is 7.51. The molecule has 0 aliphatic heterocycles. The van der Waals surface area contributed by atoms with Crippen LogP contribution in [0, 0.1) is 26.7 Å². The molecule has 0 spiro atoms. The summed E-state index contributed by atoms with van der Waals surface area (Å²) in [6.45, 7) is 6.16. The fraction of sp³-hybridized carbons (Fsp3) is 0.250. The molecule has 2 unspecified atom stereocenters. The standard InChI is InChI=1S/C32H28F3N5O2S/c1-19-5-4-6-20(2)29(19)40-21(3)17-43-31(40)37-28(41)16-24-15-27(24)22-7-9-23(10-8-22)30-36-18-39(38-30)25-11-13-26(14-12-25)42-32(33,34)35/h4-14,17-18,24,27H,15-16H2,1-3H3. The van der Waals surface area contributed by atoms with Gasteiger partial charge >= 0.3 is 6.36 Å². The second-order valence-corrected chi connectivity index (χ2v) is 11.6. The van der Waals surface area contributed by atoms with E-state index in [0.29, 0.717) is 28.7 Å². The van der Waals surface area contributed by atoms with E-state index in [0.717, 1.165) is 40.1 Å². The summed E-state index contributed by atoms with van der Waals surface area (Å²) in [5, 5.41) is 6.49. The van der Waals surface area contributed by atoms with Crippen molar-refractivity contribution in [2.45, 2.75) is 45.9 Å². The molecule has 1 amide bonds. The lowest BCUT2D eigenvalue weighted by molar-refractivity contribution is -0.274. The van der Waals surface area contributed by atoms with Gasteiger partial charge in [0.05, 0.1) is 11.4 Å². The molecule has 0 radical (unpaired) electrons. The number of para-hydroxylation sites is 1. The van der Waals surface area contributed by atoms with Crippen molar-refractivity contribution in [3.63, 3.8) is 0 Å². The van der Waals surface area contributed by atoms with Gasteiger partial charge < -0.3 is 4.74 Å². The van der Waals surface area contributed by atoms with Crippen LogP contribution in [-0.4, -0.2) is 31.6 Å². The molecule has 2 atom stereocenters. The molecule has 1 saturated carbocycles. The van der Waals surface area contributed by atoms with E-state index in [1.165, 1.54) is 46.6 Å². The normalized spacial score (nSPS) is 16.8. The zero-order chi connectivity index (χ0) is 30.3. The number of halogens is 3. The van der Waals surface area contributed by atoms with Crippen molar-refractivity contribution < 1.29 is 22.7 Å². The number of hydrogen-bond donors (Lipinski definition) is 0. The first-order valence-electron chi connectivity index (χ1n) is 13.8. The van der Waals surface area contributed by atoms with Crippen LogP contribution in [0.25, 0.3) is 22.8 Å². The van der Waals surface area contributed by atoms with Gasteiger partial charge in [-0.15, -0.1) is 29.6 Å². The molecule has 7 nitrogen and oxygen atoms in total. The van der Waals surface area contributed by atoms with Gasteiger partial charge in [0.2, 0.25) is 5.91 Å². The summed E-state index contributed by atoms with van der Waals surface area (Å²) < 4.78 is 44.7. The zero-order valence-electron chi connectivity index (χ0n) is 23.7. The van der Waals surface area contributed by atoms with Crippen LogP contribution in [0.5, 0.6) is 5.75 Å². The molecule has 2 heterocycles. The number of ether oxygens (including phenoxy) is 1. The number of carbonyl (C=O) groups excluding carboxylic acids is 1. The van der Waals surface area contributed by atoms with E-state index in [2.05, 4.69) is 50.4 Å². The smallest absolute Gasteiger partial charge is 0.406 e. The molecule has 1 aliphatic carbocycles. The van der Waals surface area contributed by atoms with Gasteiger partial charge in [0.15, 0.2) is 10.6 Å². The monoisotopic (exact) mass is 603 g/mol. The van der Waals surface area contributed by atoms with Crippen LogP contribution in [0.1, 0.15) is 41.1 Å². The second kappa shape index (κ2) is 11.3.